The van der Waals surface area contributed by atoms with Gasteiger partial charge in [-0.25, -0.2) is 0 Å². The van der Waals surface area contributed by atoms with Gasteiger partial charge in [-0.15, -0.1) is 0 Å². The molecule has 0 radical (unpaired) electrons. The number of aliphatic hydroxyl groups excluding tert-OH is 1. The predicted octanol–water partition coefficient (Wildman–Crippen LogP) is -0.841. The number of aldehydes is 1. The van der Waals surface area contributed by atoms with Crippen LogP contribution in [-0.4, -0.2) is 35.9 Å². The number of halogens is 3. The van der Waals surface area contributed by atoms with Crippen molar-refractivity contribution in [2.75, 3.05) is 13.2 Å². The molecule has 0 bridgehead atoms. The first kappa shape index (κ1) is 28.2. The molecule has 0 amide bonds. The Labute approximate surface area is 238 Å². The van der Waals surface area contributed by atoms with E-state index in [0.29, 0.717) is 24.7 Å². The number of rotatable bonds is 10. The van der Waals surface area contributed by atoms with Gasteiger partial charge in [0.05, 0.1) is 0 Å². The van der Waals surface area contributed by atoms with Gasteiger partial charge < -0.3 is 0 Å². The number of alkyl halides is 4. The van der Waals surface area contributed by atoms with Crippen molar-refractivity contribution in [3.63, 3.8) is 0 Å². The maximum atomic E-state index is 12.0. The van der Waals surface area contributed by atoms with Crippen LogP contribution in [0.25, 0.3) is 0 Å². The van der Waals surface area contributed by atoms with Crippen molar-refractivity contribution in [2.24, 2.45) is 0 Å². The molecule has 1 heterocycles. The molecule has 2 aromatic carbocycles. The minimum atomic E-state index is -1.15. The zero-order valence-corrected chi connectivity index (χ0v) is 25.4. The summed E-state index contributed by atoms with van der Waals surface area (Å²) >= 11 is 5.18. The number of aliphatic hydroxyl groups is 1. The van der Waals surface area contributed by atoms with Crippen LogP contribution in [0.4, 0.5) is 0 Å². The number of ether oxygens (including phenoxy) is 3. The summed E-state index contributed by atoms with van der Waals surface area (Å²) in [6.45, 7) is 4.94. The van der Waals surface area contributed by atoms with Crippen LogP contribution >= 0.6 is 11.6 Å². The Morgan fingerprint density at radius 1 is 1.25 bits per heavy atom. The van der Waals surface area contributed by atoms with Gasteiger partial charge >= 0.3 is 240 Å². The molecular weight excluding hydrogens is 706 g/mol. The van der Waals surface area contributed by atoms with Crippen LogP contribution in [0.5, 0.6) is 0 Å². The van der Waals surface area contributed by atoms with Crippen LogP contribution in [0.1, 0.15) is 41.1 Å². The van der Waals surface area contributed by atoms with Gasteiger partial charge in [-0.3, -0.25) is 0 Å². The molecule has 1 saturated heterocycles. The van der Waals surface area contributed by atoms with Gasteiger partial charge in [0.2, 0.25) is 0 Å². The summed E-state index contributed by atoms with van der Waals surface area (Å²) in [4.78, 5) is 12.0. The normalized spacial score (nSPS) is 28.5. The van der Waals surface area contributed by atoms with Crippen molar-refractivity contribution >= 4 is 17.9 Å². The fraction of sp³-hybridized carbons (Fsp3) is 0.393. The van der Waals surface area contributed by atoms with Crippen molar-refractivity contribution in [2.45, 2.75) is 48.7 Å². The van der Waals surface area contributed by atoms with Gasteiger partial charge in [0.25, 0.3) is 0 Å². The van der Waals surface area contributed by atoms with Crippen molar-refractivity contribution < 1.29 is 66.5 Å². The Kier molecular flexibility index (Phi) is 10.0. The predicted molar refractivity (Wildman–Crippen MR) is 132 cm³/mol. The molecule has 196 valence electrons. The molecule has 36 heavy (non-hydrogen) atoms. The van der Waals surface area contributed by atoms with Gasteiger partial charge in [-0.1, -0.05) is 0 Å². The number of hydrogen-bond donors (Lipinski definition) is 1. The first-order valence-corrected chi connectivity index (χ1v) is 17.0. The standard InChI is InChI=1S/C28H31ClI2O5/c1-3-35-27(2)13-11-20(12-14-27)15-23-16-22(9-10-24(23)29)25-30-26(31-28(18-32,19-33)36-25)34-17-21-7-5-4-6-8-21/h4-13,16,18,25-26,33H,3,14-15,17,19H2,1-2H3/q-2/t25-,26+,27?,28-/m0/s1. The van der Waals surface area contributed by atoms with Crippen molar-refractivity contribution in [1.82, 2.24) is 0 Å². The Bertz CT molecular complexity index is 1110. The molecule has 2 aromatic rings. The monoisotopic (exact) mass is 736 g/mol. The number of allylic oxidation sites excluding steroid dienone is 2. The Morgan fingerprint density at radius 2 is 2.06 bits per heavy atom. The average molecular weight is 737 g/mol. The van der Waals surface area contributed by atoms with E-state index in [1.807, 2.05) is 49.4 Å². The quantitative estimate of drug-likeness (QED) is 0.196. The van der Waals surface area contributed by atoms with Gasteiger partial charge in [0.15, 0.2) is 0 Å². The van der Waals surface area contributed by atoms with Crippen LogP contribution in [0, 0.1) is 0 Å². The van der Waals surface area contributed by atoms with Crippen LogP contribution in [0.15, 0.2) is 72.3 Å². The van der Waals surface area contributed by atoms with Gasteiger partial charge in [0.1, 0.15) is 0 Å². The first-order valence-electron chi connectivity index (χ1n) is 11.9. The van der Waals surface area contributed by atoms with E-state index in [2.05, 4.69) is 31.2 Å². The van der Waals surface area contributed by atoms with Crippen LogP contribution in [0.2, 0.25) is 5.02 Å². The van der Waals surface area contributed by atoms with Crippen molar-refractivity contribution in [3.05, 3.63) is 94.0 Å². The third-order valence-corrected chi connectivity index (χ3v) is 15.1. The second-order valence-electron chi connectivity index (χ2n) is 8.88. The molecule has 1 N–H and O–H groups in total. The van der Waals surface area contributed by atoms with E-state index >= 15 is 0 Å². The van der Waals surface area contributed by atoms with Crippen molar-refractivity contribution in [3.8, 4) is 0 Å². The number of carbonyl (C=O) groups excluding carboxylic acids is 1. The molecule has 1 unspecified atom stereocenters. The third-order valence-electron chi connectivity index (χ3n) is 6.01. The molecule has 0 saturated carbocycles. The first-order chi connectivity index (χ1) is 17.4. The molecule has 1 fully saturated rings. The van der Waals surface area contributed by atoms with Crippen LogP contribution in [0.3, 0.4) is 0 Å². The number of hydrogen-bond acceptors (Lipinski definition) is 5. The van der Waals surface area contributed by atoms with E-state index in [1.165, 1.54) is 5.57 Å². The topological polar surface area (TPSA) is 65.0 Å². The molecule has 2 aliphatic rings. The van der Waals surface area contributed by atoms with E-state index < -0.39 is 46.0 Å². The van der Waals surface area contributed by atoms with E-state index in [0.717, 1.165) is 29.4 Å². The molecule has 1 aliphatic carbocycles. The SMILES string of the molecule is CCOC1(C)C=CC(Cc2cc([C@@H]3O[C@@](C=O)(CO)[I-][C@H](OCc4ccccc4)[I-]3)ccc2Cl)=CC1. The molecule has 0 spiro atoms. The minimum absolute atomic E-state index is 0.0155. The summed E-state index contributed by atoms with van der Waals surface area (Å²) in [7, 11) is 0. The molecule has 0 aromatic heterocycles. The number of benzene rings is 2. The molecule has 1 aliphatic heterocycles. The Hall–Kier alpha value is -0.820. The second kappa shape index (κ2) is 12.8. The summed E-state index contributed by atoms with van der Waals surface area (Å²) in [5, 5.41) is 10.8. The van der Waals surface area contributed by atoms with Crippen molar-refractivity contribution in [1.29, 1.82) is 0 Å². The molecule has 8 heteroatoms. The molecule has 4 rings (SSSR count). The number of carbonyl (C=O) groups is 1. The van der Waals surface area contributed by atoms with E-state index in [-0.39, 0.29) is 18.4 Å². The maximum absolute atomic E-state index is 12.0. The zero-order valence-electron chi connectivity index (χ0n) is 20.3. The third kappa shape index (κ3) is 7.18. The fourth-order valence-electron chi connectivity index (χ4n) is 4.00. The molecule has 5 nitrogen and oxygen atoms in total. The second-order valence-corrected chi connectivity index (χ2v) is 18.2. The van der Waals surface area contributed by atoms with Crippen LogP contribution < -0.4 is 42.4 Å². The van der Waals surface area contributed by atoms with Gasteiger partial charge in [-0.2, -0.15) is 0 Å². The Morgan fingerprint density at radius 3 is 2.72 bits per heavy atom. The molecule has 4 atom stereocenters. The summed E-state index contributed by atoms with van der Waals surface area (Å²) in [6.07, 6.45) is 8.76. The summed E-state index contributed by atoms with van der Waals surface area (Å²) in [5.74, 6) is 0. The summed E-state index contributed by atoms with van der Waals surface area (Å²) in [5.41, 5.74) is 4.03. The summed E-state index contributed by atoms with van der Waals surface area (Å²) < 4.78 is 17.0. The van der Waals surface area contributed by atoms with E-state index in [9.17, 15) is 9.90 Å². The summed E-state index contributed by atoms with van der Waals surface area (Å²) in [6, 6.07) is 16.0. The zero-order chi connectivity index (χ0) is 25.6. The van der Waals surface area contributed by atoms with Gasteiger partial charge in [0, 0.05) is 0 Å². The van der Waals surface area contributed by atoms with E-state index in [1.54, 1.807) is 0 Å². The molecular formula is C28H31ClI2O5-2. The fourth-order valence-corrected chi connectivity index (χ4v) is 14.3. The van der Waals surface area contributed by atoms with Gasteiger partial charge in [-0.05, 0) is 0 Å². The van der Waals surface area contributed by atoms with E-state index in [4.69, 9.17) is 25.8 Å². The Balaban J connectivity index is 1.50. The van der Waals surface area contributed by atoms with Crippen LogP contribution in [-0.2, 0) is 32.0 Å². The average Bonchev–Trinajstić information content (AvgIpc) is 2.90.